The van der Waals surface area contributed by atoms with Crippen molar-refractivity contribution < 1.29 is 26.3 Å². The van der Waals surface area contributed by atoms with Gasteiger partial charge in [-0.05, 0) is 61.2 Å². The average Bonchev–Trinajstić information content (AvgIpc) is 2.79. The molecule has 0 spiro atoms. The summed E-state index contributed by atoms with van der Waals surface area (Å²) in [6.07, 6.45) is 2.17. The maximum atomic E-state index is 13.5. The Hall–Kier alpha value is -2.72. The summed E-state index contributed by atoms with van der Waals surface area (Å²) in [6.45, 7) is 4.04. The lowest BCUT2D eigenvalue weighted by Gasteiger charge is -2.20. The van der Waals surface area contributed by atoms with Crippen molar-refractivity contribution in [3.8, 4) is 5.75 Å². The fourth-order valence-corrected chi connectivity index (χ4v) is 5.52. The maximum Gasteiger partial charge on any atom is 0.332 e. The zero-order valence-corrected chi connectivity index (χ0v) is 21.6. The molecular formula is C22H23ClFN4O5PS. The van der Waals surface area contributed by atoms with E-state index in [0.29, 0.717) is 24.7 Å². The fourth-order valence-electron chi connectivity index (χ4n) is 3.64. The zero-order valence-electron chi connectivity index (χ0n) is 19.1. The van der Waals surface area contributed by atoms with Gasteiger partial charge < -0.3 is 24.7 Å². The van der Waals surface area contributed by atoms with Crippen LogP contribution in [0.25, 0.3) is 0 Å². The highest BCUT2D eigenvalue weighted by molar-refractivity contribution is 7.86. The molecule has 2 N–H and O–H groups in total. The molecule has 13 heteroatoms. The number of halogens is 2. The van der Waals surface area contributed by atoms with Gasteiger partial charge in [-0.1, -0.05) is 11.6 Å². The van der Waals surface area contributed by atoms with Crippen LogP contribution in [0.1, 0.15) is 11.1 Å². The maximum absolute atomic E-state index is 13.5. The molecular weight excluding hydrogens is 518 g/mol. The number of nitrogens with zero attached hydrogens (tertiary/aromatic N) is 2. The number of anilines is 4. The second-order valence-corrected chi connectivity index (χ2v) is 13.2. The molecule has 0 saturated heterocycles. The summed E-state index contributed by atoms with van der Waals surface area (Å²) >= 11 is 6.29. The van der Waals surface area contributed by atoms with Gasteiger partial charge in [-0.25, -0.2) is 4.98 Å². The molecule has 0 aliphatic carbocycles. The number of fused-ring (bicyclic) bond motifs is 1. The van der Waals surface area contributed by atoms with E-state index in [1.807, 2.05) is 12.1 Å². The standard InChI is InChI=1S/C22H23ClFN4O5PS/c1-32-19-9-13-6-7-33-12-14(13)8-18(19)27-22-25-11-16(23)21(28-22)26-17-5-4-15(35(24,30)31)10-20(17)34(2,3)29/h4-5,8-11H,6-7,12H2,1-3H3,(H2,25,26,27,28). The largest absolute Gasteiger partial charge is 0.495 e. The van der Waals surface area contributed by atoms with E-state index in [9.17, 15) is 16.9 Å². The van der Waals surface area contributed by atoms with Gasteiger partial charge in [0, 0.05) is 5.30 Å². The molecule has 2 heterocycles. The molecule has 0 atom stereocenters. The minimum Gasteiger partial charge on any atom is -0.495 e. The van der Waals surface area contributed by atoms with Gasteiger partial charge in [0.1, 0.15) is 17.9 Å². The van der Waals surface area contributed by atoms with Crippen LogP contribution in [0.5, 0.6) is 5.75 Å². The first kappa shape index (κ1) is 25.4. The Morgan fingerprint density at radius 2 is 1.91 bits per heavy atom. The van der Waals surface area contributed by atoms with Crippen molar-refractivity contribution in [1.82, 2.24) is 9.97 Å². The van der Waals surface area contributed by atoms with Gasteiger partial charge in [0.2, 0.25) is 5.95 Å². The van der Waals surface area contributed by atoms with E-state index in [4.69, 9.17) is 21.1 Å². The van der Waals surface area contributed by atoms with Crippen LogP contribution in [-0.4, -0.2) is 45.4 Å². The summed E-state index contributed by atoms with van der Waals surface area (Å²) in [5.74, 6) is 0.990. The van der Waals surface area contributed by atoms with Gasteiger partial charge in [-0.2, -0.15) is 13.4 Å². The molecule has 186 valence electrons. The number of hydrogen-bond acceptors (Lipinski definition) is 9. The highest BCUT2D eigenvalue weighted by Crippen LogP contribution is 2.40. The second-order valence-electron chi connectivity index (χ2n) is 8.23. The van der Waals surface area contributed by atoms with Gasteiger partial charge >= 0.3 is 10.2 Å². The van der Waals surface area contributed by atoms with Crippen LogP contribution in [0, 0.1) is 0 Å². The summed E-state index contributed by atoms with van der Waals surface area (Å²) in [6, 6.07) is 7.30. The summed E-state index contributed by atoms with van der Waals surface area (Å²) in [5.41, 5.74) is 3.09. The molecule has 1 aliphatic rings. The molecule has 0 unspecified atom stereocenters. The van der Waals surface area contributed by atoms with Crippen molar-refractivity contribution in [3.05, 3.63) is 52.7 Å². The zero-order chi connectivity index (χ0) is 25.4. The normalized spacial score (nSPS) is 13.7. The van der Waals surface area contributed by atoms with E-state index in [1.54, 1.807) is 7.11 Å². The average molecular weight is 541 g/mol. The highest BCUT2D eigenvalue weighted by atomic mass is 35.5. The van der Waals surface area contributed by atoms with Crippen LogP contribution < -0.4 is 20.7 Å². The molecule has 0 radical (unpaired) electrons. The minimum atomic E-state index is -4.97. The predicted octanol–water partition coefficient (Wildman–Crippen LogP) is 4.60. The lowest BCUT2D eigenvalue weighted by atomic mass is 10.0. The molecule has 1 aromatic heterocycles. The van der Waals surface area contributed by atoms with Crippen LogP contribution in [0.3, 0.4) is 0 Å². The Morgan fingerprint density at radius 3 is 2.60 bits per heavy atom. The second kappa shape index (κ2) is 9.73. The number of benzene rings is 2. The van der Waals surface area contributed by atoms with Gasteiger partial charge in [0.15, 0.2) is 5.82 Å². The van der Waals surface area contributed by atoms with E-state index >= 15 is 0 Å². The molecule has 9 nitrogen and oxygen atoms in total. The van der Waals surface area contributed by atoms with Crippen molar-refractivity contribution in [2.75, 3.05) is 37.7 Å². The topological polar surface area (TPSA) is 120 Å². The Bertz CT molecular complexity index is 1450. The Kier molecular flexibility index (Phi) is 7.06. The summed E-state index contributed by atoms with van der Waals surface area (Å²) in [4.78, 5) is 8.04. The van der Waals surface area contributed by atoms with Crippen molar-refractivity contribution in [2.24, 2.45) is 0 Å². The van der Waals surface area contributed by atoms with Crippen molar-refractivity contribution in [1.29, 1.82) is 0 Å². The third kappa shape index (κ3) is 5.75. The Balaban J connectivity index is 1.68. The van der Waals surface area contributed by atoms with E-state index in [1.165, 1.54) is 25.6 Å². The third-order valence-corrected chi connectivity index (χ3v) is 7.99. The van der Waals surface area contributed by atoms with Crippen LogP contribution in [0.15, 0.2) is 41.4 Å². The molecule has 35 heavy (non-hydrogen) atoms. The minimum absolute atomic E-state index is 0.136. The van der Waals surface area contributed by atoms with Gasteiger partial charge in [0.05, 0.1) is 42.8 Å². The summed E-state index contributed by atoms with van der Waals surface area (Å²) in [7, 11) is -6.42. The monoisotopic (exact) mass is 540 g/mol. The summed E-state index contributed by atoms with van der Waals surface area (Å²) < 4.78 is 60.1. The highest BCUT2D eigenvalue weighted by Gasteiger charge is 2.22. The van der Waals surface area contributed by atoms with Crippen molar-refractivity contribution in [3.63, 3.8) is 0 Å². The molecule has 2 aromatic carbocycles. The molecule has 4 rings (SSSR count). The van der Waals surface area contributed by atoms with Gasteiger partial charge in [0.25, 0.3) is 0 Å². The van der Waals surface area contributed by atoms with Crippen LogP contribution in [-0.2, 0) is 32.6 Å². The first-order valence-electron chi connectivity index (χ1n) is 10.4. The Morgan fingerprint density at radius 1 is 1.14 bits per heavy atom. The van der Waals surface area contributed by atoms with E-state index in [-0.39, 0.29) is 27.8 Å². The molecule has 0 bridgehead atoms. The molecule has 0 amide bonds. The van der Waals surface area contributed by atoms with Crippen LogP contribution in [0.2, 0.25) is 5.02 Å². The number of ether oxygens (including phenoxy) is 2. The Labute approximate surface area is 207 Å². The number of aromatic nitrogens is 2. The number of nitrogens with one attached hydrogen (secondary N) is 2. The number of rotatable bonds is 7. The summed E-state index contributed by atoms with van der Waals surface area (Å²) in [5, 5.41) is 6.38. The lowest BCUT2D eigenvalue weighted by molar-refractivity contribution is 0.110. The smallest absolute Gasteiger partial charge is 0.332 e. The van der Waals surface area contributed by atoms with Gasteiger partial charge in [-0.15, -0.1) is 3.89 Å². The fraction of sp³-hybridized carbons (Fsp3) is 0.273. The third-order valence-electron chi connectivity index (χ3n) is 5.37. The SMILES string of the molecule is COc1cc2c(cc1Nc1ncc(Cl)c(Nc3ccc(S(=O)(=O)F)cc3P(C)(C)=O)n1)COCC2. The van der Waals surface area contributed by atoms with Crippen LogP contribution in [0.4, 0.5) is 27.0 Å². The number of methoxy groups -OCH3 is 1. The predicted molar refractivity (Wildman–Crippen MR) is 134 cm³/mol. The first-order valence-corrected chi connectivity index (χ1v) is 14.8. The lowest BCUT2D eigenvalue weighted by Crippen LogP contribution is -2.13. The first-order chi connectivity index (χ1) is 16.5. The van der Waals surface area contributed by atoms with E-state index in [2.05, 4.69) is 20.6 Å². The van der Waals surface area contributed by atoms with Crippen LogP contribution >= 0.6 is 18.7 Å². The number of hydrogen-bond donors (Lipinski definition) is 2. The van der Waals surface area contributed by atoms with E-state index < -0.39 is 22.3 Å². The van der Waals surface area contributed by atoms with Gasteiger partial charge in [-0.3, -0.25) is 0 Å². The van der Waals surface area contributed by atoms with E-state index in [0.717, 1.165) is 29.7 Å². The van der Waals surface area contributed by atoms with Crippen molar-refractivity contribution >= 4 is 57.4 Å². The quantitative estimate of drug-likeness (QED) is 0.327. The molecule has 0 saturated carbocycles. The molecule has 0 fully saturated rings. The van der Waals surface area contributed by atoms with Crippen molar-refractivity contribution in [2.45, 2.75) is 17.9 Å². The molecule has 1 aliphatic heterocycles. The molecule has 3 aromatic rings.